The molecule has 0 radical (unpaired) electrons. The molecule has 178 valence electrons. The molecule has 0 spiro atoms. The Bertz CT molecular complexity index is 1380. The fraction of sp³-hybridized carbons (Fsp3) is 0.320. The lowest BCUT2D eigenvalue weighted by Gasteiger charge is -2.32. The summed E-state index contributed by atoms with van der Waals surface area (Å²) in [7, 11) is 2.08. The van der Waals surface area contributed by atoms with Gasteiger partial charge in [0, 0.05) is 49.9 Å². The summed E-state index contributed by atoms with van der Waals surface area (Å²) in [4.78, 5) is 21.5. The van der Waals surface area contributed by atoms with E-state index >= 15 is 0 Å². The minimum absolute atomic E-state index is 0.0581. The number of nitrogens with zero attached hydrogens (tertiary/aromatic N) is 7. The van der Waals surface area contributed by atoms with Crippen LogP contribution in [0.1, 0.15) is 16.2 Å². The smallest absolute Gasteiger partial charge is 0.253 e. The van der Waals surface area contributed by atoms with E-state index in [0.717, 1.165) is 49.0 Å². The molecule has 1 atom stereocenters. The molecule has 1 aromatic carbocycles. The van der Waals surface area contributed by atoms with Gasteiger partial charge in [-0.3, -0.25) is 4.79 Å². The van der Waals surface area contributed by atoms with Gasteiger partial charge in [-0.1, -0.05) is 12.1 Å². The van der Waals surface area contributed by atoms with Gasteiger partial charge in [-0.2, -0.15) is 9.61 Å². The van der Waals surface area contributed by atoms with Gasteiger partial charge in [-0.05, 0) is 43.4 Å². The van der Waals surface area contributed by atoms with Crippen LogP contribution < -0.4 is 10.1 Å². The molecule has 6 rings (SSSR count). The lowest BCUT2D eigenvalue weighted by molar-refractivity contribution is 0.0664. The number of amides is 1. The molecule has 5 heterocycles. The number of nitrogens with one attached hydrogen (secondary N) is 1. The first-order valence-electron chi connectivity index (χ1n) is 11.8. The average Bonchev–Trinajstić information content (AvgIpc) is 3.30. The third-order valence-corrected chi connectivity index (χ3v) is 6.49. The van der Waals surface area contributed by atoms with Crippen molar-refractivity contribution in [3.63, 3.8) is 0 Å². The van der Waals surface area contributed by atoms with Crippen molar-refractivity contribution in [1.82, 2.24) is 34.6 Å². The zero-order valence-electron chi connectivity index (χ0n) is 19.5. The van der Waals surface area contributed by atoms with Gasteiger partial charge in [0.15, 0.2) is 23.0 Å². The molecule has 3 aromatic heterocycles. The van der Waals surface area contributed by atoms with E-state index in [2.05, 4.69) is 32.4 Å². The molecule has 4 aromatic rings. The molecule has 0 bridgehead atoms. The van der Waals surface area contributed by atoms with Gasteiger partial charge in [0.2, 0.25) is 0 Å². The number of fused-ring (bicyclic) bond motifs is 2. The Kier molecular flexibility index (Phi) is 5.49. The van der Waals surface area contributed by atoms with Gasteiger partial charge in [0.25, 0.3) is 5.91 Å². The van der Waals surface area contributed by atoms with Crippen LogP contribution in [-0.2, 0) is 6.42 Å². The number of aromatic nitrogens is 5. The minimum atomic E-state index is -0.117. The van der Waals surface area contributed by atoms with Gasteiger partial charge in [-0.15, -0.1) is 10.2 Å². The summed E-state index contributed by atoms with van der Waals surface area (Å²) in [5.74, 6) is 2.25. The Labute approximate surface area is 202 Å². The SMILES string of the molecule is CN1CCN(C(=O)c2cccc(-c3ccc4nnc(CC5CNc6ncccc6O5)n4n3)c2)CC1. The van der Waals surface area contributed by atoms with Gasteiger partial charge < -0.3 is 19.9 Å². The van der Waals surface area contributed by atoms with E-state index in [0.29, 0.717) is 30.0 Å². The normalized spacial score (nSPS) is 18.1. The lowest BCUT2D eigenvalue weighted by Crippen LogP contribution is -2.47. The van der Waals surface area contributed by atoms with Crippen molar-refractivity contribution in [1.29, 1.82) is 0 Å². The summed E-state index contributed by atoms with van der Waals surface area (Å²) in [5.41, 5.74) is 2.97. The van der Waals surface area contributed by atoms with E-state index < -0.39 is 0 Å². The van der Waals surface area contributed by atoms with Crippen molar-refractivity contribution >= 4 is 17.4 Å². The number of hydrogen-bond donors (Lipinski definition) is 1. The van der Waals surface area contributed by atoms with Crippen LogP contribution in [0.25, 0.3) is 16.9 Å². The number of piperazine rings is 1. The highest BCUT2D eigenvalue weighted by molar-refractivity contribution is 5.95. The van der Waals surface area contributed by atoms with Gasteiger partial charge in [-0.25, -0.2) is 4.98 Å². The van der Waals surface area contributed by atoms with Crippen LogP contribution in [0.15, 0.2) is 54.7 Å². The topological polar surface area (TPSA) is 101 Å². The predicted octanol–water partition coefficient (Wildman–Crippen LogP) is 1.99. The van der Waals surface area contributed by atoms with Crippen LogP contribution in [0.3, 0.4) is 0 Å². The zero-order chi connectivity index (χ0) is 23.8. The first-order valence-corrected chi connectivity index (χ1v) is 11.8. The highest BCUT2D eigenvalue weighted by Gasteiger charge is 2.23. The van der Waals surface area contributed by atoms with Crippen LogP contribution in [0.4, 0.5) is 5.82 Å². The molecule has 0 saturated carbocycles. The highest BCUT2D eigenvalue weighted by atomic mass is 16.5. The molecule has 2 aliphatic rings. The summed E-state index contributed by atoms with van der Waals surface area (Å²) >= 11 is 0. The highest BCUT2D eigenvalue weighted by Crippen LogP contribution is 2.27. The summed E-state index contributed by atoms with van der Waals surface area (Å²) in [6.07, 6.45) is 2.16. The molecule has 0 aliphatic carbocycles. The third kappa shape index (κ3) is 4.28. The molecular formula is C25H26N8O2. The standard InChI is InChI=1S/C25H26N8O2/c1-31-10-12-32(13-11-31)25(34)18-5-2-4-17(14-18)20-7-8-22-28-29-23(33(22)30-20)15-19-16-27-24-21(35-19)6-3-9-26-24/h2-9,14,19H,10-13,15-16H2,1H3,(H,26,27). The first-order chi connectivity index (χ1) is 17.1. The fourth-order valence-corrected chi connectivity index (χ4v) is 4.49. The van der Waals surface area contributed by atoms with Crippen molar-refractivity contribution in [2.75, 3.05) is 45.1 Å². The van der Waals surface area contributed by atoms with Crippen molar-refractivity contribution < 1.29 is 9.53 Å². The minimum Gasteiger partial charge on any atom is -0.484 e. The van der Waals surface area contributed by atoms with E-state index in [9.17, 15) is 4.79 Å². The van der Waals surface area contributed by atoms with Crippen molar-refractivity contribution in [2.24, 2.45) is 0 Å². The summed E-state index contributed by atoms with van der Waals surface area (Å²) < 4.78 is 7.85. The average molecular weight is 471 g/mol. The molecule has 1 fully saturated rings. The molecule has 2 aliphatic heterocycles. The second kappa shape index (κ2) is 8.95. The molecule has 1 N–H and O–H groups in total. The summed E-state index contributed by atoms with van der Waals surface area (Å²) in [5, 5.41) is 16.7. The van der Waals surface area contributed by atoms with Crippen LogP contribution in [0.5, 0.6) is 5.75 Å². The van der Waals surface area contributed by atoms with E-state index in [1.807, 2.05) is 53.4 Å². The molecule has 1 unspecified atom stereocenters. The Morgan fingerprint density at radius 3 is 2.86 bits per heavy atom. The Balaban J connectivity index is 1.24. The fourth-order valence-electron chi connectivity index (χ4n) is 4.49. The van der Waals surface area contributed by atoms with Crippen LogP contribution >= 0.6 is 0 Å². The number of benzene rings is 1. The quantitative estimate of drug-likeness (QED) is 0.483. The largest absolute Gasteiger partial charge is 0.484 e. The number of carbonyl (C=O) groups excluding carboxylic acids is 1. The number of ether oxygens (including phenoxy) is 1. The lowest BCUT2D eigenvalue weighted by atomic mass is 10.1. The maximum absolute atomic E-state index is 13.1. The van der Waals surface area contributed by atoms with E-state index in [4.69, 9.17) is 9.84 Å². The van der Waals surface area contributed by atoms with Gasteiger partial charge in [0.05, 0.1) is 12.2 Å². The monoisotopic (exact) mass is 470 g/mol. The van der Waals surface area contributed by atoms with E-state index in [1.54, 1.807) is 10.7 Å². The van der Waals surface area contributed by atoms with Crippen LogP contribution in [-0.4, -0.2) is 86.4 Å². The Morgan fingerprint density at radius 1 is 1.09 bits per heavy atom. The van der Waals surface area contributed by atoms with Crippen molar-refractivity contribution in [3.8, 4) is 17.0 Å². The number of pyridine rings is 1. The second-order valence-electron chi connectivity index (χ2n) is 8.96. The van der Waals surface area contributed by atoms with E-state index in [1.165, 1.54) is 0 Å². The number of anilines is 1. The van der Waals surface area contributed by atoms with E-state index in [-0.39, 0.29) is 12.0 Å². The third-order valence-electron chi connectivity index (χ3n) is 6.49. The molecule has 35 heavy (non-hydrogen) atoms. The molecule has 1 amide bonds. The van der Waals surface area contributed by atoms with Crippen LogP contribution in [0, 0.1) is 0 Å². The molecule has 10 heteroatoms. The van der Waals surface area contributed by atoms with Crippen molar-refractivity contribution in [2.45, 2.75) is 12.5 Å². The maximum atomic E-state index is 13.1. The summed E-state index contributed by atoms with van der Waals surface area (Å²) in [6, 6.07) is 15.2. The van der Waals surface area contributed by atoms with Gasteiger partial charge >= 0.3 is 0 Å². The first kappa shape index (κ1) is 21.5. The number of rotatable bonds is 4. The predicted molar refractivity (Wildman–Crippen MR) is 130 cm³/mol. The molecule has 10 nitrogen and oxygen atoms in total. The number of carbonyl (C=O) groups is 1. The molecular weight excluding hydrogens is 444 g/mol. The number of likely N-dealkylation sites (N-methyl/N-ethyl adjacent to an activating group) is 1. The van der Waals surface area contributed by atoms with Crippen LogP contribution in [0.2, 0.25) is 0 Å². The maximum Gasteiger partial charge on any atom is 0.253 e. The Morgan fingerprint density at radius 2 is 1.97 bits per heavy atom. The summed E-state index contributed by atoms with van der Waals surface area (Å²) in [6.45, 7) is 3.89. The van der Waals surface area contributed by atoms with Gasteiger partial charge in [0.1, 0.15) is 6.10 Å². The number of hydrogen-bond acceptors (Lipinski definition) is 8. The zero-order valence-corrected chi connectivity index (χ0v) is 19.5. The second-order valence-corrected chi connectivity index (χ2v) is 8.96. The Hall–Kier alpha value is -4.05. The molecule has 1 saturated heterocycles. The van der Waals surface area contributed by atoms with Crippen molar-refractivity contribution in [3.05, 3.63) is 66.1 Å².